The summed E-state index contributed by atoms with van der Waals surface area (Å²) in [7, 11) is 0. The maximum Gasteiger partial charge on any atom is 0.302 e. The number of thioether (sulfide) groups is 1. The quantitative estimate of drug-likeness (QED) is 0.354. The van der Waals surface area contributed by atoms with E-state index in [1.165, 1.54) is 18.7 Å². The van der Waals surface area contributed by atoms with Crippen LogP contribution in [0.25, 0.3) is 0 Å². The molecule has 0 rings (SSSR count). The van der Waals surface area contributed by atoms with Crippen LogP contribution in [0.2, 0.25) is 0 Å². The first-order valence-corrected chi connectivity index (χ1v) is 3.75. The van der Waals surface area contributed by atoms with Gasteiger partial charge in [-0.15, -0.1) is 11.8 Å². The molecule has 4 heteroatoms. The third-order valence-corrected chi connectivity index (χ3v) is 1.26. The number of rotatable bonds is 4. The van der Waals surface area contributed by atoms with Gasteiger partial charge in [0.15, 0.2) is 0 Å². The minimum atomic E-state index is -0.270. The molecule has 0 heterocycles. The Hall–Kier alpha value is -0.220. The molecule has 0 aliphatic heterocycles. The van der Waals surface area contributed by atoms with Gasteiger partial charge in [0.1, 0.15) is 6.61 Å². The van der Waals surface area contributed by atoms with Crippen LogP contribution in [0.3, 0.4) is 0 Å². The first-order valence-electron chi connectivity index (χ1n) is 2.59. The van der Waals surface area contributed by atoms with Gasteiger partial charge in [-0.2, -0.15) is 0 Å². The second kappa shape index (κ2) is 5.91. The molecule has 0 spiro atoms. The Bertz CT molecular complexity index is 84.3. The third kappa shape index (κ3) is 7.78. The molecular formula is C5H10O3S. The van der Waals surface area contributed by atoms with Crippen LogP contribution in [0.15, 0.2) is 0 Å². The van der Waals surface area contributed by atoms with Crippen LogP contribution in [-0.4, -0.2) is 29.4 Å². The van der Waals surface area contributed by atoms with Crippen LogP contribution in [0, 0.1) is 0 Å². The van der Waals surface area contributed by atoms with Crippen molar-refractivity contribution in [3.8, 4) is 0 Å². The van der Waals surface area contributed by atoms with E-state index < -0.39 is 0 Å². The fourth-order valence-corrected chi connectivity index (χ4v) is 0.639. The molecule has 0 fully saturated rings. The van der Waals surface area contributed by atoms with Gasteiger partial charge < -0.3 is 9.84 Å². The molecule has 0 aromatic heterocycles. The van der Waals surface area contributed by atoms with Gasteiger partial charge in [-0.3, -0.25) is 4.79 Å². The Kier molecular flexibility index (Phi) is 5.76. The van der Waals surface area contributed by atoms with Crippen molar-refractivity contribution >= 4 is 17.7 Å². The zero-order valence-corrected chi connectivity index (χ0v) is 6.11. The van der Waals surface area contributed by atoms with Crippen molar-refractivity contribution in [2.24, 2.45) is 0 Å². The molecule has 1 N–H and O–H groups in total. The largest absolute Gasteiger partial charge is 0.465 e. The lowest BCUT2D eigenvalue weighted by molar-refractivity contribution is -0.140. The number of carbonyl (C=O) groups excluding carboxylic acids is 1. The highest BCUT2D eigenvalue weighted by Gasteiger charge is 1.90. The SMILES string of the molecule is CC(=O)OCCSCO. The Morgan fingerprint density at radius 3 is 2.89 bits per heavy atom. The number of hydrogen-bond donors (Lipinski definition) is 1. The summed E-state index contributed by atoms with van der Waals surface area (Å²) in [6.45, 7) is 1.75. The number of aliphatic hydroxyl groups is 1. The van der Waals surface area contributed by atoms with Crippen molar-refractivity contribution in [3.05, 3.63) is 0 Å². The fraction of sp³-hybridized carbons (Fsp3) is 0.800. The first-order chi connectivity index (χ1) is 4.27. The summed E-state index contributed by atoms with van der Waals surface area (Å²) in [6, 6.07) is 0. The summed E-state index contributed by atoms with van der Waals surface area (Å²) < 4.78 is 4.57. The fourth-order valence-electron chi connectivity index (χ4n) is 0.309. The summed E-state index contributed by atoms with van der Waals surface area (Å²) in [5.41, 5.74) is 0. The molecule has 0 aromatic rings. The molecule has 0 amide bonds. The van der Waals surface area contributed by atoms with Crippen LogP contribution in [-0.2, 0) is 9.53 Å². The number of hydrogen-bond acceptors (Lipinski definition) is 4. The monoisotopic (exact) mass is 150 g/mol. The molecule has 9 heavy (non-hydrogen) atoms. The van der Waals surface area contributed by atoms with Crippen molar-refractivity contribution in [1.29, 1.82) is 0 Å². The molecule has 0 saturated heterocycles. The van der Waals surface area contributed by atoms with Gasteiger partial charge >= 0.3 is 5.97 Å². The average Bonchev–Trinajstić information content (AvgIpc) is 1.80. The summed E-state index contributed by atoms with van der Waals surface area (Å²) in [5.74, 6) is 0.477. The predicted octanol–water partition coefficient (Wildman–Crippen LogP) is 0.232. The Morgan fingerprint density at radius 1 is 1.78 bits per heavy atom. The third-order valence-electron chi connectivity index (χ3n) is 0.624. The van der Waals surface area contributed by atoms with E-state index in [9.17, 15) is 4.79 Å². The second-order valence-corrected chi connectivity index (χ2v) is 2.45. The van der Waals surface area contributed by atoms with Crippen LogP contribution in [0.4, 0.5) is 0 Å². The molecular weight excluding hydrogens is 140 g/mol. The lowest BCUT2D eigenvalue weighted by Crippen LogP contribution is -2.02. The van der Waals surface area contributed by atoms with E-state index in [0.717, 1.165) is 0 Å². The van der Waals surface area contributed by atoms with E-state index in [2.05, 4.69) is 4.74 Å². The molecule has 0 aliphatic rings. The zero-order chi connectivity index (χ0) is 7.11. The predicted molar refractivity (Wildman–Crippen MR) is 36.2 cm³/mol. The van der Waals surface area contributed by atoms with Gasteiger partial charge in [0.25, 0.3) is 0 Å². The summed E-state index contributed by atoms with van der Waals surface area (Å²) in [5, 5.41) is 8.25. The van der Waals surface area contributed by atoms with E-state index in [0.29, 0.717) is 12.4 Å². The highest BCUT2D eigenvalue weighted by atomic mass is 32.2. The molecule has 0 aromatic carbocycles. The van der Waals surface area contributed by atoms with E-state index in [-0.39, 0.29) is 11.9 Å². The van der Waals surface area contributed by atoms with E-state index >= 15 is 0 Å². The lowest BCUT2D eigenvalue weighted by Gasteiger charge is -1.97. The standard InChI is InChI=1S/C5H10O3S/c1-5(7)8-2-3-9-4-6/h6H,2-4H2,1H3. The van der Waals surface area contributed by atoms with Crippen LogP contribution >= 0.6 is 11.8 Å². The minimum Gasteiger partial charge on any atom is -0.465 e. The van der Waals surface area contributed by atoms with Gasteiger partial charge in [0.2, 0.25) is 0 Å². The van der Waals surface area contributed by atoms with Crippen molar-refractivity contribution in [2.45, 2.75) is 6.92 Å². The molecule has 0 aliphatic carbocycles. The molecule has 0 saturated carbocycles. The van der Waals surface area contributed by atoms with Crippen molar-refractivity contribution < 1.29 is 14.6 Å². The average molecular weight is 150 g/mol. The normalized spacial score (nSPS) is 9.11. The topological polar surface area (TPSA) is 46.5 Å². The van der Waals surface area contributed by atoms with Crippen LogP contribution in [0.5, 0.6) is 0 Å². The van der Waals surface area contributed by atoms with Crippen molar-refractivity contribution in [1.82, 2.24) is 0 Å². The smallest absolute Gasteiger partial charge is 0.302 e. The molecule has 3 nitrogen and oxygen atoms in total. The van der Waals surface area contributed by atoms with Gasteiger partial charge in [-0.25, -0.2) is 0 Å². The first kappa shape index (κ1) is 8.78. The summed E-state index contributed by atoms with van der Waals surface area (Å²) in [6.07, 6.45) is 0. The summed E-state index contributed by atoms with van der Waals surface area (Å²) in [4.78, 5) is 10.1. The second-order valence-electron chi connectivity index (χ2n) is 1.38. The van der Waals surface area contributed by atoms with Crippen LogP contribution in [0.1, 0.15) is 6.92 Å². The highest BCUT2D eigenvalue weighted by Crippen LogP contribution is 1.95. The number of esters is 1. The molecule has 0 radical (unpaired) electrons. The van der Waals surface area contributed by atoms with E-state index in [1.54, 1.807) is 0 Å². The molecule has 54 valence electrons. The van der Waals surface area contributed by atoms with E-state index in [1.807, 2.05) is 0 Å². The number of carbonyl (C=O) groups is 1. The van der Waals surface area contributed by atoms with Crippen LogP contribution < -0.4 is 0 Å². The molecule has 0 unspecified atom stereocenters. The van der Waals surface area contributed by atoms with Crippen molar-refractivity contribution in [3.63, 3.8) is 0 Å². The van der Waals surface area contributed by atoms with Gasteiger partial charge in [0.05, 0.1) is 5.94 Å². The Labute approximate surface area is 58.4 Å². The van der Waals surface area contributed by atoms with Gasteiger partial charge in [-0.05, 0) is 0 Å². The van der Waals surface area contributed by atoms with Gasteiger partial charge in [-0.1, -0.05) is 0 Å². The maximum absolute atomic E-state index is 10.1. The van der Waals surface area contributed by atoms with Gasteiger partial charge in [0, 0.05) is 12.7 Å². The van der Waals surface area contributed by atoms with Crippen molar-refractivity contribution in [2.75, 3.05) is 18.3 Å². The zero-order valence-electron chi connectivity index (χ0n) is 5.29. The maximum atomic E-state index is 10.1. The Balaban J connectivity index is 2.83. The van der Waals surface area contributed by atoms with E-state index in [4.69, 9.17) is 5.11 Å². The number of aliphatic hydroxyl groups excluding tert-OH is 1. The number of ether oxygens (including phenoxy) is 1. The molecule has 0 bridgehead atoms. The minimum absolute atomic E-state index is 0.0846. The Morgan fingerprint density at radius 2 is 2.44 bits per heavy atom. The molecule has 0 atom stereocenters. The highest BCUT2D eigenvalue weighted by molar-refractivity contribution is 7.99. The summed E-state index contributed by atoms with van der Waals surface area (Å²) >= 11 is 1.33. The lowest BCUT2D eigenvalue weighted by atomic mass is 10.8.